The highest BCUT2D eigenvalue weighted by Gasteiger charge is 2.19. The van der Waals surface area contributed by atoms with Gasteiger partial charge in [0.1, 0.15) is 13.2 Å². The van der Waals surface area contributed by atoms with Gasteiger partial charge in [0.05, 0.1) is 0 Å². The molecule has 0 fully saturated rings. The number of allylic oxidation sites excluding steroid dienone is 16. The van der Waals surface area contributed by atoms with Crippen molar-refractivity contribution in [2.75, 3.05) is 13.2 Å². The van der Waals surface area contributed by atoms with Gasteiger partial charge < -0.3 is 14.2 Å². The summed E-state index contributed by atoms with van der Waals surface area (Å²) >= 11 is 0. The Kier molecular flexibility index (Phi) is 61.8. The highest BCUT2D eigenvalue weighted by Crippen LogP contribution is 2.16. The van der Waals surface area contributed by atoms with E-state index >= 15 is 0 Å². The van der Waals surface area contributed by atoms with Crippen molar-refractivity contribution >= 4 is 17.9 Å². The van der Waals surface area contributed by atoms with Crippen LogP contribution < -0.4 is 0 Å². The number of hydrogen-bond donors (Lipinski definition) is 0. The maximum atomic E-state index is 12.9. The highest BCUT2D eigenvalue weighted by atomic mass is 16.6. The van der Waals surface area contributed by atoms with Crippen LogP contribution in [-0.2, 0) is 28.6 Å². The number of unbranched alkanes of at least 4 members (excludes halogenated alkanes) is 32. The molecule has 442 valence electrons. The van der Waals surface area contributed by atoms with E-state index in [1.807, 2.05) is 0 Å². The second kappa shape index (κ2) is 64.9. The standard InChI is InChI=1S/C71H122O6/c1-4-7-10-13-16-19-22-25-28-30-32-33-34-35-36-37-38-39-40-42-43-46-49-52-55-58-61-64-70(73)76-67-68(66-75-69(72)63-60-57-54-51-48-45-27-24-21-18-15-12-9-6-3)77-71(74)65-62-59-56-53-50-47-44-41-31-29-26-23-20-17-14-11-8-5-2/h7,10,16,19-20,23-25,27-29,31-33,35-36,68H,4-6,8-9,11-15,17-18,21-22,26,30,34,37-67H2,1-3H3/b10-7-,19-16-,23-20-,27-24-,28-25-,31-29-,33-32-,36-35-. The van der Waals surface area contributed by atoms with Crippen LogP contribution in [0.15, 0.2) is 97.2 Å². The quantitative estimate of drug-likeness (QED) is 0.0261. The second-order valence-corrected chi connectivity index (χ2v) is 21.6. The highest BCUT2D eigenvalue weighted by molar-refractivity contribution is 5.71. The molecule has 0 spiro atoms. The lowest BCUT2D eigenvalue weighted by Gasteiger charge is -2.18. The third-order valence-electron chi connectivity index (χ3n) is 14.0. The Labute approximate surface area is 477 Å². The van der Waals surface area contributed by atoms with E-state index in [0.717, 1.165) is 109 Å². The molecule has 6 nitrogen and oxygen atoms in total. The third-order valence-corrected chi connectivity index (χ3v) is 14.0. The second-order valence-electron chi connectivity index (χ2n) is 21.6. The monoisotopic (exact) mass is 1070 g/mol. The maximum Gasteiger partial charge on any atom is 0.306 e. The van der Waals surface area contributed by atoms with Crippen molar-refractivity contribution in [2.24, 2.45) is 0 Å². The Bertz CT molecular complexity index is 1510. The minimum Gasteiger partial charge on any atom is -0.462 e. The molecule has 0 aromatic heterocycles. The Morgan fingerprint density at radius 1 is 0.273 bits per heavy atom. The first-order valence-electron chi connectivity index (χ1n) is 32.7. The van der Waals surface area contributed by atoms with Gasteiger partial charge in [0.2, 0.25) is 0 Å². The summed E-state index contributed by atoms with van der Waals surface area (Å²) < 4.78 is 16.9. The van der Waals surface area contributed by atoms with E-state index in [0.29, 0.717) is 19.3 Å². The zero-order chi connectivity index (χ0) is 55.7. The fourth-order valence-corrected chi connectivity index (χ4v) is 9.14. The summed E-state index contributed by atoms with van der Waals surface area (Å²) in [6, 6.07) is 0. The Balaban J connectivity index is 4.32. The summed E-state index contributed by atoms with van der Waals surface area (Å²) in [5.41, 5.74) is 0. The van der Waals surface area contributed by atoms with Gasteiger partial charge >= 0.3 is 17.9 Å². The van der Waals surface area contributed by atoms with E-state index in [9.17, 15) is 14.4 Å². The normalized spacial score (nSPS) is 12.7. The summed E-state index contributed by atoms with van der Waals surface area (Å²) in [6.07, 6.45) is 86.9. The molecule has 0 radical (unpaired) electrons. The molecular formula is C71H122O6. The lowest BCUT2D eigenvalue weighted by molar-refractivity contribution is -0.167. The predicted octanol–water partition coefficient (Wildman–Crippen LogP) is 22.4. The number of rotatable bonds is 59. The van der Waals surface area contributed by atoms with Crippen molar-refractivity contribution in [2.45, 2.75) is 322 Å². The predicted molar refractivity (Wildman–Crippen MR) is 334 cm³/mol. The molecule has 0 aliphatic rings. The van der Waals surface area contributed by atoms with Gasteiger partial charge in [0.25, 0.3) is 0 Å². The van der Waals surface area contributed by atoms with E-state index in [1.54, 1.807) is 0 Å². The van der Waals surface area contributed by atoms with Crippen LogP contribution in [0.2, 0.25) is 0 Å². The molecule has 1 atom stereocenters. The summed E-state index contributed by atoms with van der Waals surface area (Å²) in [4.78, 5) is 38.3. The van der Waals surface area contributed by atoms with Crippen LogP contribution in [0.4, 0.5) is 0 Å². The first-order chi connectivity index (χ1) is 38.0. The Hall–Kier alpha value is -3.67. The summed E-state index contributed by atoms with van der Waals surface area (Å²) in [6.45, 7) is 6.51. The topological polar surface area (TPSA) is 78.9 Å². The molecule has 77 heavy (non-hydrogen) atoms. The zero-order valence-electron chi connectivity index (χ0n) is 50.7. The van der Waals surface area contributed by atoms with E-state index in [4.69, 9.17) is 14.2 Å². The molecule has 0 aromatic carbocycles. The SMILES string of the molecule is CC/C=C\C/C=C\C/C=C\C/C=C\C/C=C\CCCCCCCCCCCCCC(=O)OCC(COC(=O)CCCCCCC/C=C\CCCCCCC)OC(=O)CCCCCCCCC/C=C\C/C=C\CCCCCC. The molecule has 0 aromatic rings. The number of hydrogen-bond acceptors (Lipinski definition) is 6. The zero-order valence-corrected chi connectivity index (χ0v) is 50.7. The van der Waals surface area contributed by atoms with Gasteiger partial charge in [0, 0.05) is 19.3 Å². The first-order valence-corrected chi connectivity index (χ1v) is 32.7. The maximum absolute atomic E-state index is 12.9. The van der Waals surface area contributed by atoms with E-state index in [2.05, 4.69) is 118 Å². The van der Waals surface area contributed by atoms with Gasteiger partial charge in [-0.25, -0.2) is 0 Å². The molecule has 1 unspecified atom stereocenters. The average molecular weight is 1070 g/mol. The van der Waals surface area contributed by atoms with Crippen LogP contribution in [-0.4, -0.2) is 37.2 Å². The third kappa shape index (κ3) is 63.0. The molecule has 0 aliphatic carbocycles. The molecule has 0 saturated carbocycles. The number of carbonyl (C=O) groups excluding carboxylic acids is 3. The average Bonchev–Trinajstić information content (AvgIpc) is 3.43. The number of carbonyl (C=O) groups is 3. The van der Waals surface area contributed by atoms with Crippen LogP contribution in [0, 0.1) is 0 Å². The summed E-state index contributed by atoms with van der Waals surface area (Å²) in [7, 11) is 0. The molecule has 0 N–H and O–H groups in total. The molecule has 0 heterocycles. The van der Waals surface area contributed by atoms with Crippen LogP contribution >= 0.6 is 0 Å². The van der Waals surface area contributed by atoms with Crippen LogP contribution in [0.25, 0.3) is 0 Å². The molecule has 0 bridgehead atoms. The van der Waals surface area contributed by atoms with Crippen molar-refractivity contribution in [1.29, 1.82) is 0 Å². The fourth-order valence-electron chi connectivity index (χ4n) is 9.14. The molecule has 0 aliphatic heterocycles. The van der Waals surface area contributed by atoms with Gasteiger partial charge in [-0.1, -0.05) is 272 Å². The largest absolute Gasteiger partial charge is 0.462 e. The minimum absolute atomic E-state index is 0.0838. The smallest absolute Gasteiger partial charge is 0.306 e. The van der Waals surface area contributed by atoms with Gasteiger partial charge in [0.15, 0.2) is 6.10 Å². The van der Waals surface area contributed by atoms with Crippen molar-refractivity contribution in [3.05, 3.63) is 97.2 Å². The van der Waals surface area contributed by atoms with E-state index < -0.39 is 6.10 Å². The first kappa shape index (κ1) is 73.3. The van der Waals surface area contributed by atoms with E-state index in [-0.39, 0.29) is 31.1 Å². The van der Waals surface area contributed by atoms with Gasteiger partial charge in [-0.2, -0.15) is 0 Å². The fraction of sp³-hybridized carbons (Fsp3) is 0.732. The number of esters is 3. The molecule has 0 amide bonds. The van der Waals surface area contributed by atoms with Gasteiger partial charge in [-0.15, -0.1) is 0 Å². The Morgan fingerprint density at radius 3 is 0.818 bits per heavy atom. The van der Waals surface area contributed by atoms with Gasteiger partial charge in [-0.3, -0.25) is 14.4 Å². The molecule has 0 saturated heterocycles. The number of ether oxygens (including phenoxy) is 3. The van der Waals surface area contributed by atoms with E-state index in [1.165, 1.54) is 167 Å². The lowest BCUT2D eigenvalue weighted by Crippen LogP contribution is -2.30. The lowest BCUT2D eigenvalue weighted by atomic mass is 10.0. The molecule has 6 heteroatoms. The van der Waals surface area contributed by atoms with Gasteiger partial charge in [-0.05, 0) is 122 Å². The summed E-state index contributed by atoms with van der Waals surface area (Å²) in [5, 5.41) is 0. The van der Waals surface area contributed by atoms with Crippen molar-refractivity contribution in [3.8, 4) is 0 Å². The Morgan fingerprint density at radius 2 is 0.506 bits per heavy atom. The van der Waals surface area contributed by atoms with Crippen LogP contribution in [0.5, 0.6) is 0 Å². The van der Waals surface area contributed by atoms with Crippen LogP contribution in [0.3, 0.4) is 0 Å². The van der Waals surface area contributed by atoms with Crippen molar-refractivity contribution in [3.63, 3.8) is 0 Å². The summed E-state index contributed by atoms with van der Waals surface area (Å²) in [5.74, 6) is -0.892. The van der Waals surface area contributed by atoms with Crippen molar-refractivity contribution < 1.29 is 28.6 Å². The molecule has 0 rings (SSSR count). The minimum atomic E-state index is -0.788. The molecular weight excluding hydrogens is 949 g/mol. The van der Waals surface area contributed by atoms with Crippen molar-refractivity contribution in [1.82, 2.24) is 0 Å². The van der Waals surface area contributed by atoms with Crippen LogP contribution in [0.1, 0.15) is 316 Å².